The zero-order valence-corrected chi connectivity index (χ0v) is 9.14. The lowest BCUT2D eigenvalue weighted by molar-refractivity contribution is 0.0822. The van der Waals surface area contributed by atoms with Gasteiger partial charge in [-0.25, -0.2) is 0 Å². The van der Waals surface area contributed by atoms with E-state index in [0.717, 1.165) is 12.5 Å². The van der Waals surface area contributed by atoms with Crippen molar-refractivity contribution in [1.29, 1.82) is 0 Å². The molecule has 0 aromatic heterocycles. The van der Waals surface area contributed by atoms with Crippen molar-refractivity contribution in [3.05, 3.63) is 0 Å². The Bertz CT molecular complexity index is 148. The Hall–Kier alpha value is -0.120. The molecule has 1 rings (SSSR count). The summed E-state index contributed by atoms with van der Waals surface area (Å²) in [7, 11) is 4.32. The predicted octanol–water partition coefficient (Wildman–Crippen LogP) is 0.960. The average Bonchev–Trinajstić information content (AvgIpc) is 2.09. The number of nitrogens with zero attached hydrogens (tertiary/aromatic N) is 1. The van der Waals surface area contributed by atoms with Gasteiger partial charge in [-0.3, -0.25) is 11.3 Å². The lowest BCUT2D eigenvalue weighted by Gasteiger charge is -2.44. The highest BCUT2D eigenvalue weighted by Gasteiger charge is 2.35. The van der Waals surface area contributed by atoms with Gasteiger partial charge in [0.15, 0.2) is 0 Å². The van der Waals surface area contributed by atoms with Gasteiger partial charge in [0, 0.05) is 12.1 Å². The molecule has 3 N–H and O–H groups in total. The number of hydrogen-bond donors (Lipinski definition) is 2. The third-order valence-electron chi connectivity index (χ3n) is 3.58. The Kier molecular flexibility index (Phi) is 3.71. The molecule has 1 aliphatic rings. The van der Waals surface area contributed by atoms with Gasteiger partial charge in [0.25, 0.3) is 0 Å². The van der Waals surface area contributed by atoms with E-state index in [1.807, 2.05) is 0 Å². The Morgan fingerprint density at radius 1 is 1.38 bits per heavy atom. The summed E-state index contributed by atoms with van der Waals surface area (Å²) in [5.41, 5.74) is 3.14. The normalized spacial score (nSPS) is 35.3. The number of likely N-dealkylation sites (N-methyl/N-ethyl adjacent to an activating group) is 1. The van der Waals surface area contributed by atoms with Crippen molar-refractivity contribution in [2.45, 2.75) is 38.1 Å². The van der Waals surface area contributed by atoms with Crippen LogP contribution in [0.25, 0.3) is 0 Å². The summed E-state index contributed by atoms with van der Waals surface area (Å²) in [5, 5.41) is 0. The van der Waals surface area contributed by atoms with Crippen LogP contribution in [0.2, 0.25) is 0 Å². The molecule has 0 unspecified atom stereocenters. The first-order valence-corrected chi connectivity index (χ1v) is 5.21. The molecule has 1 aliphatic carbocycles. The summed E-state index contributed by atoms with van der Waals surface area (Å²) >= 11 is 0. The average molecular weight is 185 g/mol. The first-order valence-electron chi connectivity index (χ1n) is 5.21. The van der Waals surface area contributed by atoms with E-state index in [1.54, 1.807) is 0 Å². The van der Waals surface area contributed by atoms with Gasteiger partial charge >= 0.3 is 0 Å². The molecule has 3 nitrogen and oxygen atoms in total. The molecule has 1 saturated carbocycles. The fourth-order valence-corrected chi connectivity index (χ4v) is 2.27. The van der Waals surface area contributed by atoms with Crippen molar-refractivity contribution < 1.29 is 0 Å². The maximum absolute atomic E-state index is 5.44. The molecule has 0 bridgehead atoms. The number of hydrazine groups is 1. The van der Waals surface area contributed by atoms with E-state index < -0.39 is 0 Å². The number of hydrogen-bond acceptors (Lipinski definition) is 3. The Morgan fingerprint density at radius 3 is 2.31 bits per heavy atom. The maximum atomic E-state index is 5.44. The number of rotatable bonds is 3. The lowest BCUT2D eigenvalue weighted by Crippen LogP contribution is -2.54. The van der Waals surface area contributed by atoms with Crippen LogP contribution in [0.4, 0.5) is 0 Å². The van der Waals surface area contributed by atoms with E-state index >= 15 is 0 Å². The highest BCUT2D eigenvalue weighted by molar-refractivity contribution is 4.93. The molecule has 78 valence electrons. The maximum Gasteiger partial charge on any atom is 0.0341 e. The van der Waals surface area contributed by atoms with Crippen LogP contribution in [0.1, 0.15) is 32.6 Å². The summed E-state index contributed by atoms with van der Waals surface area (Å²) in [6.07, 6.45) is 5.20. The quantitative estimate of drug-likeness (QED) is 0.508. The summed E-state index contributed by atoms with van der Waals surface area (Å²) in [4.78, 5) is 2.33. The molecule has 0 atom stereocenters. The summed E-state index contributed by atoms with van der Waals surface area (Å²) in [5.74, 6) is 6.33. The SMILES string of the molecule is CC1CCC(CNN)(N(C)C)CC1. The van der Waals surface area contributed by atoms with E-state index in [1.165, 1.54) is 25.7 Å². The molecule has 0 spiro atoms. The largest absolute Gasteiger partial charge is 0.302 e. The van der Waals surface area contributed by atoms with Crippen molar-refractivity contribution in [3.63, 3.8) is 0 Å². The standard InChI is InChI=1S/C10H23N3/c1-9-4-6-10(7-5-9,8-12-11)13(2)3/h9,12H,4-8,11H2,1-3H3. The van der Waals surface area contributed by atoms with Crippen LogP contribution in [0.15, 0.2) is 0 Å². The first kappa shape index (κ1) is 11.0. The second-order valence-corrected chi connectivity index (χ2v) is 4.68. The van der Waals surface area contributed by atoms with Crippen LogP contribution in [0, 0.1) is 5.92 Å². The highest BCUT2D eigenvalue weighted by atomic mass is 15.3. The van der Waals surface area contributed by atoms with Gasteiger partial charge in [-0.1, -0.05) is 6.92 Å². The van der Waals surface area contributed by atoms with Crippen molar-refractivity contribution in [1.82, 2.24) is 10.3 Å². The van der Waals surface area contributed by atoms with Crippen molar-refractivity contribution in [2.75, 3.05) is 20.6 Å². The molecular formula is C10H23N3. The predicted molar refractivity (Wildman–Crippen MR) is 56.2 cm³/mol. The number of nitrogens with two attached hydrogens (primary N) is 1. The van der Waals surface area contributed by atoms with Gasteiger partial charge in [-0.05, 0) is 45.7 Å². The first-order chi connectivity index (χ1) is 6.10. The molecule has 0 aliphatic heterocycles. The molecular weight excluding hydrogens is 162 g/mol. The van der Waals surface area contributed by atoms with Crippen LogP contribution >= 0.6 is 0 Å². The molecule has 0 heterocycles. The lowest BCUT2D eigenvalue weighted by atomic mass is 9.76. The Labute approximate surface area is 81.6 Å². The van der Waals surface area contributed by atoms with Crippen LogP contribution in [-0.2, 0) is 0 Å². The van der Waals surface area contributed by atoms with Gasteiger partial charge in [0.2, 0.25) is 0 Å². The van der Waals surface area contributed by atoms with Crippen LogP contribution in [-0.4, -0.2) is 31.1 Å². The molecule has 0 amide bonds. The zero-order valence-electron chi connectivity index (χ0n) is 9.14. The molecule has 0 aromatic carbocycles. The van der Waals surface area contributed by atoms with Crippen molar-refractivity contribution in [2.24, 2.45) is 11.8 Å². The molecule has 1 fully saturated rings. The van der Waals surface area contributed by atoms with E-state index in [-0.39, 0.29) is 0 Å². The summed E-state index contributed by atoms with van der Waals surface area (Å²) < 4.78 is 0. The van der Waals surface area contributed by atoms with Gasteiger partial charge in [-0.15, -0.1) is 0 Å². The van der Waals surface area contributed by atoms with E-state index in [4.69, 9.17) is 5.84 Å². The smallest absolute Gasteiger partial charge is 0.0341 e. The van der Waals surface area contributed by atoms with E-state index in [9.17, 15) is 0 Å². The number of nitrogens with one attached hydrogen (secondary N) is 1. The monoisotopic (exact) mass is 185 g/mol. The van der Waals surface area contributed by atoms with Crippen molar-refractivity contribution >= 4 is 0 Å². The zero-order chi connectivity index (χ0) is 9.90. The third kappa shape index (κ3) is 2.42. The van der Waals surface area contributed by atoms with E-state index in [0.29, 0.717) is 5.54 Å². The topological polar surface area (TPSA) is 41.3 Å². The van der Waals surface area contributed by atoms with Crippen molar-refractivity contribution in [3.8, 4) is 0 Å². The second-order valence-electron chi connectivity index (χ2n) is 4.68. The van der Waals surface area contributed by atoms with Crippen LogP contribution < -0.4 is 11.3 Å². The molecule has 3 heteroatoms. The molecule has 0 aromatic rings. The molecule has 0 saturated heterocycles. The van der Waals surface area contributed by atoms with Gasteiger partial charge in [0.05, 0.1) is 0 Å². The summed E-state index contributed by atoms with van der Waals surface area (Å²) in [6, 6.07) is 0. The highest BCUT2D eigenvalue weighted by Crippen LogP contribution is 2.34. The fourth-order valence-electron chi connectivity index (χ4n) is 2.27. The Balaban J connectivity index is 2.58. The summed E-state index contributed by atoms with van der Waals surface area (Å²) in [6.45, 7) is 3.25. The van der Waals surface area contributed by atoms with Gasteiger partial charge in [0.1, 0.15) is 0 Å². The Morgan fingerprint density at radius 2 is 1.92 bits per heavy atom. The third-order valence-corrected chi connectivity index (χ3v) is 3.58. The van der Waals surface area contributed by atoms with Gasteiger partial charge < -0.3 is 4.90 Å². The minimum atomic E-state index is 0.307. The van der Waals surface area contributed by atoms with E-state index in [2.05, 4.69) is 31.3 Å². The van der Waals surface area contributed by atoms with Crippen LogP contribution in [0.3, 0.4) is 0 Å². The molecule has 13 heavy (non-hydrogen) atoms. The minimum Gasteiger partial charge on any atom is -0.302 e. The second kappa shape index (κ2) is 4.40. The van der Waals surface area contributed by atoms with Gasteiger partial charge in [-0.2, -0.15) is 0 Å². The fraction of sp³-hybridized carbons (Fsp3) is 1.00. The van der Waals surface area contributed by atoms with Crippen LogP contribution in [0.5, 0.6) is 0 Å². The molecule has 0 radical (unpaired) electrons. The minimum absolute atomic E-state index is 0.307.